The molecular weight excluding hydrogens is 229 g/mol. The lowest BCUT2D eigenvalue weighted by molar-refractivity contribution is 0.267. The number of hydrogen-bond acceptors (Lipinski definition) is 1. The predicted molar refractivity (Wildman–Crippen MR) is 85.6 cm³/mol. The Bertz CT molecular complexity index is 406. The van der Waals surface area contributed by atoms with Gasteiger partial charge in [-0.1, -0.05) is 45.9 Å². The van der Waals surface area contributed by atoms with Crippen molar-refractivity contribution < 1.29 is 0 Å². The lowest BCUT2D eigenvalue weighted by atomic mass is 9.91. The van der Waals surface area contributed by atoms with Gasteiger partial charge in [0.1, 0.15) is 0 Å². The predicted octanol–water partition coefficient (Wildman–Crippen LogP) is 3.91. The SMILES string of the molecule is [B]N(CC(C)Cc1cccc(C)c1C)CC(C)(C)C. The molecule has 104 valence electrons. The molecule has 0 fully saturated rings. The van der Waals surface area contributed by atoms with Crippen LogP contribution in [0.1, 0.15) is 44.4 Å². The second kappa shape index (κ2) is 6.61. The Hall–Kier alpha value is -0.755. The molecule has 0 N–H and O–H groups in total. The van der Waals surface area contributed by atoms with Crippen LogP contribution in [0.3, 0.4) is 0 Å². The first kappa shape index (κ1) is 16.3. The van der Waals surface area contributed by atoms with E-state index in [-0.39, 0.29) is 5.41 Å². The van der Waals surface area contributed by atoms with Crippen molar-refractivity contribution in [2.75, 3.05) is 13.1 Å². The van der Waals surface area contributed by atoms with E-state index in [9.17, 15) is 0 Å². The molecule has 19 heavy (non-hydrogen) atoms. The molecule has 1 aromatic rings. The summed E-state index contributed by atoms with van der Waals surface area (Å²) in [6, 6.07) is 6.57. The van der Waals surface area contributed by atoms with Gasteiger partial charge >= 0.3 is 0 Å². The summed E-state index contributed by atoms with van der Waals surface area (Å²) in [5.41, 5.74) is 4.52. The molecule has 1 nitrogen and oxygen atoms in total. The summed E-state index contributed by atoms with van der Waals surface area (Å²) >= 11 is 0. The maximum atomic E-state index is 6.12. The van der Waals surface area contributed by atoms with Crippen molar-refractivity contribution in [3.63, 3.8) is 0 Å². The summed E-state index contributed by atoms with van der Waals surface area (Å²) in [4.78, 5) is 1.97. The summed E-state index contributed by atoms with van der Waals surface area (Å²) in [5.74, 6) is 0.577. The van der Waals surface area contributed by atoms with E-state index in [2.05, 4.69) is 59.7 Å². The lowest BCUT2D eigenvalue weighted by Crippen LogP contribution is -2.34. The number of hydrogen-bond donors (Lipinski definition) is 0. The van der Waals surface area contributed by atoms with Gasteiger partial charge in [-0.2, -0.15) is 0 Å². The van der Waals surface area contributed by atoms with Gasteiger partial charge in [0.25, 0.3) is 0 Å². The van der Waals surface area contributed by atoms with Gasteiger partial charge in [0.15, 0.2) is 7.98 Å². The first-order valence-electron chi connectivity index (χ1n) is 7.24. The van der Waals surface area contributed by atoms with Crippen molar-refractivity contribution in [3.8, 4) is 0 Å². The molecule has 0 saturated heterocycles. The van der Waals surface area contributed by atoms with E-state index < -0.39 is 0 Å². The van der Waals surface area contributed by atoms with Gasteiger partial charge in [-0.15, -0.1) is 0 Å². The monoisotopic (exact) mass is 257 g/mol. The zero-order valence-electron chi connectivity index (χ0n) is 13.5. The topological polar surface area (TPSA) is 3.24 Å². The van der Waals surface area contributed by atoms with E-state index in [1.165, 1.54) is 16.7 Å². The molecule has 0 heterocycles. The highest BCUT2D eigenvalue weighted by Crippen LogP contribution is 2.19. The molecule has 0 spiro atoms. The summed E-state index contributed by atoms with van der Waals surface area (Å²) in [5, 5.41) is 0. The molecule has 1 rings (SSSR count). The van der Waals surface area contributed by atoms with Crippen molar-refractivity contribution in [2.24, 2.45) is 11.3 Å². The van der Waals surface area contributed by atoms with E-state index in [1.807, 2.05) is 4.81 Å². The molecule has 0 aliphatic rings. The van der Waals surface area contributed by atoms with Crippen LogP contribution >= 0.6 is 0 Å². The van der Waals surface area contributed by atoms with Crippen molar-refractivity contribution in [1.29, 1.82) is 0 Å². The van der Waals surface area contributed by atoms with Crippen LogP contribution in [0.2, 0.25) is 0 Å². The van der Waals surface area contributed by atoms with Gasteiger partial charge in [0.05, 0.1) is 0 Å². The largest absolute Gasteiger partial charge is 0.353 e. The highest BCUT2D eigenvalue weighted by Gasteiger charge is 2.15. The highest BCUT2D eigenvalue weighted by molar-refractivity contribution is 6.04. The quantitative estimate of drug-likeness (QED) is 0.723. The fourth-order valence-corrected chi connectivity index (χ4v) is 2.55. The van der Waals surface area contributed by atoms with Crippen LogP contribution in [0.5, 0.6) is 0 Å². The van der Waals surface area contributed by atoms with Gasteiger partial charge in [-0.05, 0) is 61.4 Å². The van der Waals surface area contributed by atoms with Crippen LogP contribution in [0.25, 0.3) is 0 Å². The van der Waals surface area contributed by atoms with Crippen molar-refractivity contribution >= 4 is 7.98 Å². The van der Waals surface area contributed by atoms with Gasteiger partial charge in [-0.3, -0.25) is 0 Å². The van der Waals surface area contributed by atoms with E-state index in [4.69, 9.17) is 7.98 Å². The number of aryl methyl sites for hydroxylation is 1. The molecule has 0 aromatic heterocycles. The first-order chi connectivity index (χ1) is 8.69. The molecule has 0 saturated carbocycles. The minimum atomic E-state index is 0.258. The van der Waals surface area contributed by atoms with Crippen LogP contribution in [0, 0.1) is 25.2 Å². The Labute approximate surface area is 120 Å². The average Bonchev–Trinajstić information content (AvgIpc) is 2.21. The van der Waals surface area contributed by atoms with E-state index in [0.29, 0.717) is 5.92 Å². The van der Waals surface area contributed by atoms with Crippen molar-refractivity contribution in [1.82, 2.24) is 4.81 Å². The Morgan fingerprint density at radius 3 is 2.42 bits per heavy atom. The second-order valence-electron chi connectivity index (χ2n) is 7.16. The van der Waals surface area contributed by atoms with Crippen molar-refractivity contribution in [2.45, 2.75) is 48.0 Å². The number of benzene rings is 1. The summed E-state index contributed by atoms with van der Waals surface area (Å²) < 4.78 is 0. The fourth-order valence-electron chi connectivity index (χ4n) is 2.55. The average molecular weight is 257 g/mol. The highest BCUT2D eigenvalue weighted by atomic mass is 15.0. The van der Waals surface area contributed by atoms with Crippen LogP contribution in [-0.4, -0.2) is 25.9 Å². The zero-order chi connectivity index (χ0) is 14.6. The minimum Gasteiger partial charge on any atom is -0.353 e. The third-order valence-electron chi connectivity index (χ3n) is 3.51. The normalized spacial score (nSPS) is 13.8. The van der Waals surface area contributed by atoms with Crippen LogP contribution in [0.15, 0.2) is 18.2 Å². The molecule has 1 unspecified atom stereocenters. The molecule has 2 radical (unpaired) electrons. The molecular formula is C17H28BN. The van der Waals surface area contributed by atoms with Crippen LogP contribution < -0.4 is 0 Å². The van der Waals surface area contributed by atoms with Gasteiger partial charge < -0.3 is 4.81 Å². The third-order valence-corrected chi connectivity index (χ3v) is 3.51. The molecule has 0 aliphatic carbocycles. The maximum absolute atomic E-state index is 6.12. The van der Waals surface area contributed by atoms with Gasteiger partial charge in [0.2, 0.25) is 0 Å². The third kappa shape index (κ3) is 5.82. The van der Waals surface area contributed by atoms with E-state index in [0.717, 1.165) is 19.5 Å². The Morgan fingerprint density at radius 1 is 1.21 bits per heavy atom. The smallest absolute Gasteiger partial charge is 0.182 e. The maximum Gasteiger partial charge on any atom is 0.182 e. The molecule has 2 heteroatoms. The summed E-state index contributed by atoms with van der Waals surface area (Å²) in [6.07, 6.45) is 1.10. The second-order valence-corrected chi connectivity index (χ2v) is 7.16. The van der Waals surface area contributed by atoms with E-state index >= 15 is 0 Å². The summed E-state index contributed by atoms with van der Waals surface area (Å²) in [7, 11) is 6.12. The van der Waals surface area contributed by atoms with E-state index in [1.54, 1.807) is 0 Å². The Balaban J connectivity index is 2.56. The minimum absolute atomic E-state index is 0.258. The standard InChI is InChI=1S/C17H28BN/c1-13(11-19(18)12-17(4,5)6)10-16-9-7-8-14(2)15(16)3/h7-9,13H,10-12H2,1-6H3. The Morgan fingerprint density at radius 2 is 1.84 bits per heavy atom. The molecule has 0 amide bonds. The van der Waals surface area contributed by atoms with Crippen LogP contribution in [-0.2, 0) is 6.42 Å². The molecule has 1 aromatic carbocycles. The molecule has 1 atom stereocenters. The first-order valence-corrected chi connectivity index (χ1v) is 7.24. The summed E-state index contributed by atoms with van der Waals surface area (Å²) in [6.45, 7) is 15.2. The van der Waals surface area contributed by atoms with Crippen LogP contribution in [0.4, 0.5) is 0 Å². The van der Waals surface area contributed by atoms with Crippen molar-refractivity contribution in [3.05, 3.63) is 34.9 Å². The number of rotatable bonds is 5. The molecule has 0 bridgehead atoms. The Kier molecular flexibility index (Phi) is 5.67. The lowest BCUT2D eigenvalue weighted by Gasteiger charge is -2.29. The molecule has 0 aliphatic heterocycles. The number of nitrogens with zero attached hydrogens (tertiary/aromatic N) is 1. The van der Waals surface area contributed by atoms with Gasteiger partial charge in [-0.25, -0.2) is 0 Å². The fraction of sp³-hybridized carbons (Fsp3) is 0.647. The van der Waals surface area contributed by atoms with Gasteiger partial charge in [0, 0.05) is 0 Å². The zero-order valence-corrected chi connectivity index (χ0v) is 13.5.